The number of benzene rings is 1. The lowest BCUT2D eigenvalue weighted by molar-refractivity contribution is 0.142. The molecule has 0 aliphatic rings. The molecule has 0 saturated heterocycles. The molecule has 0 atom stereocenters. The molecule has 3 aromatic rings. The van der Waals surface area contributed by atoms with Crippen LogP contribution in [0.2, 0.25) is 14.4 Å². The lowest BCUT2D eigenvalue weighted by Gasteiger charge is -2.09. The highest BCUT2D eigenvalue weighted by molar-refractivity contribution is 7.19. The Morgan fingerprint density at radius 3 is 2.60 bits per heavy atom. The second-order valence-corrected chi connectivity index (χ2v) is 7.52. The maximum absolute atomic E-state index is 11.0. The molecule has 0 aliphatic carbocycles. The predicted octanol–water partition coefficient (Wildman–Crippen LogP) is 6.18. The average molecular weight is 418 g/mol. The first-order valence-corrected chi connectivity index (χ1v) is 9.09. The quantitative estimate of drug-likeness (QED) is 0.515. The number of rotatable bonds is 4. The fourth-order valence-electron chi connectivity index (χ4n) is 2.44. The zero-order chi connectivity index (χ0) is 18.1. The van der Waals surface area contributed by atoms with Crippen LogP contribution in [0.5, 0.6) is 5.88 Å². The van der Waals surface area contributed by atoms with Crippen LogP contribution in [-0.4, -0.2) is 21.0 Å². The summed E-state index contributed by atoms with van der Waals surface area (Å²) >= 11 is 19.7. The minimum atomic E-state index is -1.43. The van der Waals surface area contributed by atoms with Gasteiger partial charge in [-0.1, -0.05) is 41.7 Å². The van der Waals surface area contributed by atoms with Gasteiger partial charge >= 0.3 is 6.16 Å². The van der Waals surface area contributed by atoms with E-state index in [0.717, 1.165) is 4.88 Å². The van der Waals surface area contributed by atoms with Crippen LogP contribution < -0.4 is 4.74 Å². The normalized spacial score (nSPS) is 10.9. The van der Waals surface area contributed by atoms with E-state index >= 15 is 0 Å². The van der Waals surface area contributed by atoms with Gasteiger partial charge < -0.3 is 9.84 Å². The van der Waals surface area contributed by atoms with Crippen LogP contribution in [0, 0.1) is 0 Å². The Labute approximate surface area is 162 Å². The van der Waals surface area contributed by atoms with E-state index in [1.807, 2.05) is 13.0 Å². The number of ether oxygens (including phenoxy) is 1. The summed E-state index contributed by atoms with van der Waals surface area (Å²) in [7, 11) is 0. The van der Waals surface area contributed by atoms with Crippen molar-refractivity contribution in [3.63, 3.8) is 0 Å². The summed E-state index contributed by atoms with van der Waals surface area (Å²) in [6.45, 7) is 1.89. The molecule has 1 aromatic carbocycles. The summed E-state index contributed by atoms with van der Waals surface area (Å²) in [4.78, 5) is 11.8. The maximum Gasteiger partial charge on any atom is 0.512 e. The third-order valence-corrected chi connectivity index (χ3v) is 5.20. The number of thiophene rings is 1. The number of halogens is 3. The van der Waals surface area contributed by atoms with Crippen molar-refractivity contribution in [2.45, 2.75) is 13.3 Å². The first kappa shape index (κ1) is 18.1. The smallest absolute Gasteiger partial charge is 0.449 e. The molecule has 0 amide bonds. The Balaban J connectivity index is 2.29. The SMILES string of the molecule is CCc1c(OC(=O)O)nn(-c2ccc(Cl)cc2Cl)c1-c1ccc(Cl)s1. The maximum atomic E-state index is 11.0. The Morgan fingerprint density at radius 2 is 2.04 bits per heavy atom. The van der Waals surface area contributed by atoms with Crippen LogP contribution in [0.3, 0.4) is 0 Å². The number of nitrogens with zero attached hydrogens (tertiary/aromatic N) is 2. The molecule has 2 aromatic heterocycles. The molecule has 0 fully saturated rings. The summed E-state index contributed by atoms with van der Waals surface area (Å²) in [5, 5.41) is 14.2. The van der Waals surface area contributed by atoms with Crippen molar-refractivity contribution < 1.29 is 14.6 Å². The number of carboxylic acid groups (broad SMARTS) is 1. The summed E-state index contributed by atoms with van der Waals surface area (Å²) in [5.41, 5.74) is 1.88. The highest BCUT2D eigenvalue weighted by atomic mass is 35.5. The van der Waals surface area contributed by atoms with E-state index in [9.17, 15) is 4.79 Å². The van der Waals surface area contributed by atoms with Gasteiger partial charge in [0, 0.05) is 10.6 Å². The Kier molecular flexibility index (Phi) is 5.24. The van der Waals surface area contributed by atoms with Gasteiger partial charge in [-0.05, 0) is 36.8 Å². The van der Waals surface area contributed by atoms with E-state index in [-0.39, 0.29) is 5.88 Å². The minimum absolute atomic E-state index is 0.0144. The fourth-order valence-corrected chi connectivity index (χ4v) is 4.03. The summed E-state index contributed by atoms with van der Waals surface area (Å²) in [5.74, 6) is 0.0144. The molecule has 0 spiro atoms. The molecule has 9 heteroatoms. The number of hydrogen-bond donors (Lipinski definition) is 1. The van der Waals surface area contributed by atoms with Gasteiger partial charge in [-0.3, -0.25) is 0 Å². The molecule has 3 rings (SSSR count). The average Bonchev–Trinajstić information content (AvgIpc) is 3.10. The fraction of sp³-hybridized carbons (Fsp3) is 0.125. The molecule has 25 heavy (non-hydrogen) atoms. The third-order valence-electron chi connectivity index (χ3n) is 3.43. The van der Waals surface area contributed by atoms with Gasteiger partial charge in [-0.15, -0.1) is 16.4 Å². The van der Waals surface area contributed by atoms with Crippen LogP contribution in [0.25, 0.3) is 16.3 Å². The topological polar surface area (TPSA) is 64.3 Å². The Morgan fingerprint density at radius 1 is 1.28 bits per heavy atom. The van der Waals surface area contributed by atoms with Crippen LogP contribution >= 0.6 is 46.1 Å². The van der Waals surface area contributed by atoms with Crippen molar-refractivity contribution in [1.82, 2.24) is 9.78 Å². The van der Waals surface area contributed by atoms with Gasteiger partial charge in [-0.25, -0.2) is 9.48 Å². The molecular formula is C16H11Cl3N2O3S. The number of aromatic nitrogens is 2. The van der Waals surface area contributed by atoms with Crippen LogP contribution in [0.4, 0.5) is 4.79 Å². The van der Waals surface area contributed by atoms with Crippen molar-refractivity contribution in [3.8, 4) is 22.1 Å². The summed E-state index contributed by atoms with van der Waals surface area (Å²) in [6.07, 6.45) is -0.920. The predicted molar refractivity (Wildman–Crippen MR) is 99.9 cm³/mol. The number of hydrogen-bond acceptors (Lipinski definition) is 4. The van der Waals surface area contributed by atoms with Crippen molar-refractivity contribution in [2.24, 2.45) is 0 Å². The molecule has 0 saturated carbocycles. The molecule has 2 heterocycles. The van der Waals surface area contributed by atoms with Gasteiger partial charge in [0.25, 0.3) is 0 Å². The van der Waals surface area contributed by atoms with E-state index in [4.69, 9.17) is 44.6 Å². The van der Waals surface area contributed by atoms with Gasteiger partial charge in [-0.2, -0.15) is 0 Å². The molecular weight excluding hydrogens is 407 g/mol. The molecule has 130 valence electrons. The van der Waals surface area contributed by atoms with Crippen molar-refractivity contribution in [3.05, 3.63) is 50.3 Å². The summed E-state index contributed by atoms with van der Waals surface area (Å²) in [6, 6.07) is 8.58. The monoisotopic (exact) mass is 416 g/mol. The minimum Gasteiger partial charge on any atom is -0.449 e. The lowest BCUT2D eigenvalue weighted by atomic mass is 10.1. The zero-order valence-electron chi connectivity index (χ0n) is 12.8. The molecule has 5 nitrogen and oxygen atoms in total. The van der Waals surface area contributed by atoms with Crippen molar-refractivity contribution in [2.75, 3.05) is 0 Å². The highest BCUT2D eigenvalue weighted by Gasteiger charge is 2.24. The highest BCUT2D eigenvalue weighted by Crippen LogP contribution is 2.40. The van der Waals surface area contributed by atoms with E-state index in [1.54, 1.807) is 28.9 Å². The molecule has 0 aliphatic heterocycles. The van der Waals surface area contributed by atoms with Crippen LogP contribution in [0.15, 0.2) is 30.3 Å². The molecule has 0 radical (unpaired) electrons. The van der Waals surface area contributed by atoms with Gasteiger partial charge in [0.2, 0.25) is 5.88 Å². The standard InChI is InChI=1S/C16H11Cl3N2O3S/c1-2-9-14(12-5-6-13(19)25-12)21(20-15(9)24-16(22)23)11-4-3-8(17)7-10(11)18/h3-7H,2H2,1H3,(H,22,23). The number of carbonyl (C=O) groups is 1. The molecule has 0 unspecified atom stereocenters. The van der Waals surface area contributed by atoms with Crippen LogP contribution in [-0.2, 0) is 6.42 Å². The Hall–Kier alpha value is -1.73. The first-order valence-electron chi connectivity index (χ1n) is 7.14. The third kappa shape index (κ3) is 3.62. The molecule has 0 bridgehead atoms. The van der Waals surface area contributed by atoms with E-state index in [0.29, 0.717) is 37.7 Å². The van der Waals surface area contributed by atoms with Gasteiger partial charge in [0.15, 0.2) is 0 Å². The largest absolute Gasteiger partial charge is 0.512 e. The van der Waals surface area contributed by atoms with Gasteiger partial charge in [0.1, 0.15) is 0 Å². The van der Waals surface area contributed by atoms with E-state index < -0.39 is 6.16 Å². The van der Waals surface area contributed by atoms with E-state index in [1.165, 1.54) is 11.3 Å². The second-order valence-electron chi connectivity index (χ2n) is 4.97. The molecule has 1 N–H and O–H groups in total. The second kappa shape index (κ2) is 7.25. The summed E-state index contributed by atoms with van der Waals surface area (Å²) < 4.78 is 7.02. The zero-order valence-corrected chi connectivity index (χ0v) is 15.9. The van der Waals surface area contributed by atoms with E-state index in [2.05, 4.69) is 5.10 Å². The first-order chi connectivity index (χ1) is 11.9. The van der Waals surface area contributed by atoms with Crippen molar-refractivity contribution >= 4 is 52.3 Å². The lowest BCUT2D eigenvalue weighted by Crippen LogP contribution is -2.05. The van der Waals surface area contributed by atoms with Crippen molar-refractivity contribution in [1.29, 1.82) is 0 Å². The van der Waals surface area contributed by atoms with Gasteiger partial charge in [0.05, 0.1) is 25.6 Å². The Bertz CT molecular complexity index is 952. The van der Waals surface area contributed by atoms with Crippen LogP contribution in [0.1, 0.15) is 12.5 Å².